The normalized spacial score (nSPS) is 23.0. The summed E-state index contributed by atoms with van der Waals surface area (Å²) >= 11 is 1.77. The Morgan fingerprint density at radius 2 is 2.00 bits per heavy atom. The second-order valence-corrected chi connectivity index (χ2v) is 11.4. The van der Waals surface area contributed by atoms with Gasteiger partial charge in [-0.2, -0.15) is 0 Å². The molecule has 0 atom stereocenters. The molecule has 35 heavy (non-hydrogen) atoms. The number of thiazole rings is 1. The summed E-state index contributed by atoms with van der Waals surface area (Å²) in [5, 5.41) is 5.11. The molecule has 0 saturated heterocycles. The van der Waals surface area contributed by atoms with Crippen molar-refractivity contribution >= 4 is 28.1 Å². The summed E-state index contributed by atoms with van der Waals surface area (Å²) < 4.78 is 6.04. The molecule has 1 amide bonds. The molecule has 3 aromatic rings. The Kier molecular flexibility index (Phi) is 6.70. The van der Waals surface area contributed by atoms with Crippen molar-refractivity contribution in [1.29, 1.82) is 0 Å². The zero-order valence-electron chi connectivity index (χ0n) is 20.2. The third kappa shape index (κ3) is 5.21. The maximum Gasteiger partial charge on any atom is 0.273 e. The van der Waals surface area contributed by atoms with E-state index in [0.29, 0.717) is 6.10 Å². The van der Waals surface area contributed by atoms with E-state index in [1.165, 1.54) is 49.1 Å². The Hall–Kier alpha value is -2.51. The van der Waals surface area contributed by atoms with Crippen LogP contribution in [0.25, 0.3) is 10.9 Å². The van der Waals surface area contributed by atoms with Crippen LogP contribution in [-0.4, -0.2) is 46.0 Å². The number of rotatable bonds is 7. The molecule has 3 aliphatic rings. The molecular formula is C28H34N4O2S. The highest BCUT2D eigenvalue weighted by Gasteiger charge is 2.27. The van der Waals surface area contributed by atoms with Gasteiger partial charge in [0, 0.05) is 41.2 Å². The van der Waals surface area contributed by atoms with E-state index in [-0.39, 0.29) is 11.9 Å². The fraction of sp³-hybridized carbons (Fsp3) is 0.536. The molecule has 6 nitrogen and oxygen atoms in total. The van der Waals surface area contributed by atoms with Gasteiger partial charge in [0.2, 0.25) is 0 Å². The molecule has 0 bridgehead atoms. The fourth-order valence-corrected chi connectivity index (χ4v) is 6.60. The van der Waals surface area contributed by atoms with Gasteiger partial charge in [0.1, 0.15) is 6.10 Å². The molecule has 0 unspecified atom stereocenters. The lowest BCUT2D eigenvalue weighted by molar-refractivity contribution is 0.0921. The average molecular weight is 491 g/mol. The first kappa shape index (κ1) is 22.9. The molecule has 1 N–H and O–H groups in total. The van der Waals surface area contributed by atoms with E-state index in [4.69, 9.17) is 9.72 Å². The second kappa shape index (κ2) is 10.2. The topological polar surface area (TPSA) is 67.4 Å². The molecular weight excluding hydrogens is 456 g/mol. The molecule has 1 aliphatic heterocycles. The fourth-order valence-electron chi connectivity index (χ4n) is 5.63. The summed E-state index contributed by atoms with van der Waals surface area (Å²) in [5.74, 6) is 0.777. The van der Waals surface area contributed by atoms with Gasteiger partial charge in [-0.1, -0.05) is 23.5 Å². The van der Waals surface area contributed by atoms with Crippen molar-refractivity contribution < 1.29 is 9.53 Å². The zero-order chi connectivity index (χ0) is 23.6. The average Bonchev–Trinajstić information content (AvgIpc) is 3.27. The first-order chi connectivity index (χ1) is 17.2. The Morgan fingerprint density at radius 3 is 2.83 bits per heavy atom. The third-order valence-electron chi connectivity index (χ3n) is 8.03. The van der Waals surface area contributed by atoms with Gasteiger partial charge >= 0.3 is 0 Å². The van der Waals surface area contributed by atoms with Crippen LogP contribution in [0.3, 0.4) is 0 Å². The van der Waals surface area contributed by atoms with Crippen LogP contribution in [0.2, 0.25) is 0 Å². The Labute approximate surface area is 211 Å². The molecule has 6 rings (SSSR count). The number of carbonyl (C=O) groups excluding carboxylic acids is 1. The van der Waals surface area contributed by atoms with Crippen molar-refractivity contribution in [3.8, 4) is 5.19 Å². The van der Waals surface area contributed by atoms with Crippen LogP contribution in [0.15, 0.2) is 36.5 Å². The molecule has 2 aromatic heterocycles. The molecule has 0 spiro atoms. The van der Waals surface area contributed by atoms with Crippen molar-refractivity contribution in [3.05, 3.63) is 52.7 Å². The molecule has 0 radical (unpaired) electrons. The van der Waals surface area contributed by atoms with Gasteiger partial charge in [-0.3, -0.25) is 14.7 Å². The monoisotopic (exact) mass is 490 g/mol. The summed E-state index contributed by atoms with van der Waals surface area (Å²) in [6.07, 6.45) is 12.7. The lowest BCUT2D eigenvalue weighted by atomic mass is 9.84. The minimum absolute atomic E-state index is 0.0279. The first-order valence-corrected chi connectivity index (χ1v) is 14.0. The number of pyridine rings is 1. The number of fused-ring (bicyclic) bond motifs is 2. The lowest BCUT2D eigenvalue weighted by Gasteiger charge is -2.32. The van der Waals surface area contributed by atoms with Crippen LogP contribution in [0.1, 0.15) is 72.3 Å². The summed E-state index contributed by atoms with van der Waals surface area (Å²) in [6.45, 7) is 3.23. The van der Waals surface area contributed by atoms with Gasteiger partial charge in [-0.05, 0) is 88.4 Å². The molecule has 3 heterocycles. The molecule has 1 aromatic carbocycles. The van der Waals surface area contributed by atoms with Crippen molar-refractivity contribution in [3.63, 3.8) is 0 Å². The summed E-state index contributed by atoms with van der Waals surface area (Å²) in [4.78, 5) is 26.1. The quantitative estimate of drug-likeness (QED) is 0.483. The van der Waals surface area contributed by atoms with Crippen molar-refractivity contribution in [1.82, 2.24) is 20.2 Å². The van der Waals surface area contributed by atoms with Crippen LogP contribution in [-0.2, 0) is 13.0 Å². The van der Waals surface area contributed by atoms with E-state index in [1.807, 2.05) is 30.3 Å². The number of ether oxygens (including phenoxy) is 1. The largest absolute Gasteiger partial charge is 0.467 e. The summed E-state index contributed by atoms with van der Waals surface area (Å²) in [7, 11) is 0. The third-order valence-corrected chi connectivity index (χ3v) is 9.08. The van der Waals surface area contributed by atoms with E-state index in [1.54, 1.807) is 17.5 Å². The molecule has 2 fully saturated rings. The molecule has 2 aliphatic carbocycles. The summed E-state index contributed by atoms with van der Waals surface area (Å²) in [5.41, 5.74) is 2.84. The number of hydrogen-bond acceptors (Lipinski definition) is 6. The maximum absolute atomic E-state index is 13.0. The first-order valence-electron chi connectivity index (χ1n) is 13.2. The number of nitrogens with zero attached hydrogens (tertiary/aromatic N) is 3. The summed E-state index contributed by atoms with van der Waals surface area (Å²) in [6, 6.07) is 9.91. The van der Waals surface area contributed by atoms with E-state index in [2.05, 4.69) is 15.2 Å². The van der Waals surface area contributed by atoms with Crippen molar-refractivity contribution in [2.24, 2.45) is 5.92 Å². The number of benzene rings is 1. The van der Waals surface area contributed by atoms with E-state index in [9.17, 15) is 4.79 Å². The van der Waals surface area contributed by atoms with Crippen LogP contribution in [0.4, 0.5) is 0 Å². The van der Waals surface area contributed by atoms with Crippen LogP contribution < -0.4 is 10.1 Å². The maximum atomic E-state index is 13.0. The SMILES string of the molecule is O=C(N[C@H]1CC[C@H](CCN2CCc3sc(OC4CCC4)nc3C2)CC1)c1cccc2ncccc12. The van der Waals surface area contributed by atoms with Crippen molar-refractivity contribution in [2.45, 2.75) is 76.5 Å². The number of nitrogens with one attached hydrogen (secondary N) is 1. The molecule has 2 saturated carbocycles. The van der Waals surface area contributed by atoms with E-state index >= 15 is 0 Å². The molecule has 184 valence electrons. The predicted octanol–water partition coefficient (Wildman–Crippen LogP) is 5.36. The number of hydrogen-bond donors (Lipinski definition) is 1. The van der Waals surface area contributed by atoms with Crippen LogP contribution >= 0.6 is 11.3 Å². The van der Waals surface area contributed by atoms with Gasteiger partial charge in [0.15, 0.2) is 0 Å². The highest BCUT2D eigenvalue weighted by atomic mass is 32.1. The number of amides is 1. The van der Waals surface area contributed by atoms with Gasteiger partial charge in [0.05, 0.1) is 11.2 Å². The molecule has 7 heteroatoms. The van der Waals surface area contributed by atoms with Gasteiger partial charge in [-0.25, -0.2) is 4.98 Å². The minimum atomic E-state index is 0.0279. The van der Waals surface area contributed by atoms with Crippen LogP contribution in [0, 0.1) is 5.92 Å². The second-order valence-electron chi connectivity index (χ2n) is 10.4. The number of aromatic nitrogens is 2. The van der Waals surface area contributed by atoms with Gasteiger partial charge < -0.3 is 10.1 Å². The van der Waals surface area contributed by atoms with Gasteiger partial charge in [-0.15, -0.1) is 0 Å². The standard InChI is InChI=1S/C28H34N4O2S/c33-27(23-6-2-8-24-22(23)7-3-15-29-24)30-20-11-9-19(10-12-20)13-16-32-17-14-26-25(18-32)31-28(35-26)34-21-4-1-5-21/h2-3,6-8,15,19-21H,1,4-5,9-14,16-18H2,(H,30,33)/t19-,20-. The van der Waals surface area contributed by atoms with Crippen LogP contribution in [0.5, 0.6) is 5.19 Å². The highest BCUT2D eigenvalue weighted by molar-refractivity contribution is 7.13. The van der Waals surface area contributed by atoms with Crippen molar-refractivity contribution in [2.75, 3.05) is 13.1 Å². The smallest absolute Gasteiger partial charge is 0.273 e. The minimum Gasteiger partial charge on any atom is -0.467 e. The Morgan fingerprint density at radius 1 is 1.11 bits per heavy atom. The Balaban J connectivity index is 0.956. The lowest BCUT2D eigenvalue weighted by Crippen LogP contribution is -2.38. The van der Waals surface area contributed by atoms with E-state index in [0.717, 1.165) is 66.5 Å². The van der Waals surface area contributed by atoms with E-state index < -0.39 is 0 Å². The number of carbonyl (C=O) groups is 1. The Bertz CT molecular complexity index is 1180. The highest BCUT2D eigenvalue weighted by Crippen LogP contribution is 2.34. The zero-order valence-corrected chi connectivity index (χ0v) is 21.1. The van der Waals surface area contributed by atoms with Gasteiger partial charge in [0.25, 0.3) is 11.1 Å². The predicted molar refractivity (Wildman–Crippen MR) is 139 cm³/mol.